The van der Waals surface area contributed by atoms with E-state index in [0.717, 1.165) is 6.07 Å². The van der Waals surface area contributed by atoms with Gasteiger partial charge in [0, 0.05) is 10.8 Å². The average Bonchev–Trinajstić information content (AvgIpc) is 2.68. The van der Waals surface area contributed by atoms with E-state index in [1.54, 1.807) is 38.1 Å². The van der Waals surface area contributed by atoms with Gasteiger partial charge in [-0.3, -0.25) is 0 Å². The first-order valence-electron chi connectivity index (χ1n) is 8.92. The van der Waals surface area contributed by atoms with Crippen molar-refractivity contribution in [2.45, 2.75) is 19.9 Å². The normalized spacial score (nSPS) is 16.2. The highest BCUT2D eigenvalue weighted by atomic mass is 16.5. The highest BCUT2D eigenvalue weighted by Gasteiger charge is 2.30. The first-order chi connectivity index (χ1) is 13.8. The zero-order valence-electron chi connectivity index (χ0n) is 15.8. The number of hydrogen-bond donors (Lipinski definition) is 4. The molecular weight excluding hydrogens is 380 g/mol. The molecule has 1 aliphatic rings. The van der Waals surface area contributed by atoms with Crippen LogP contribution in [0.1, 0.15) is 24.2 Å². The standard InChI is InChI=1S/C20H20N2O7/c1-3-28-19(26)16-10(2)21-20(27)22-14(16)9-29-18(25)13-8-15(23)11-6-4-5-7-12(11)17(13)24/h4-8,10,23-24H,3,9H2,1-2H3,(H2,21,22,27). The van der Waals surface area contributed by atoms with Crippen LogP contribution in [0.25, 0.3) is 10.8 Å². The molecule has 152 valence electrons. The van der Waals surface area contributed by atoms with Crippen LogP contribution in [-0.4, -0.2) is 47.4 Å². The van der Waals surface area contributed by atoms with Crippen molar-refractivity contribution in [1.82, 2.24) is 10.6 Å². The number of hydrogen-bond acceptors (Lipinski definition) is 7. The first kappa shape index (κ1) is 20.0. The summed E-state index contributed by atoms with van der Waals surface area (Å²) in [5, 5.41) is 26.2. The second-order valence-corrected chi connectivity index (χ2v) is 6.35. The number of phenolic OH excluding ortho intramolecular Hbond substituents is 2. The topological polar surface area (TPSA) is 134 Å². The Morgan fingerprint density at radius 3 is 2.48 bits per heavy atom. The van der Waals surface area contributed by atoms with E-state index in [1.807, 2.05) is 0 Å². The monoisotopic (exact) mass is 400 g/mol. The maximum absolute atomic E-state index is 12.5. The van der Waals surface area contributed by atoms with E-state index in [2.05, 4.69) is 10.6 Å². The zero-order chi connectivity index (χ0) is 21.1. The number of nitrogens with one attached hydrogen (secondary N) is 2. The Kier molecular flexibility index (Phi) is 5.58. The van der Waals surface area contributed by atoms with Crippen molar-refractivity contribution in [3.63, 3.8) is 0 Å². The summed E-state index contributed by atoms with van der Waals surface area (Å²) in [5.41, 5.74) is -0.0322. The minimum atomic E-state index is -0.931. The molecule has 0 fully saturated rings. The Morgan fingerprint density at radius 2 is 1.79 bits per heavy atom. The Hall–Kier alpha value is -3.75. The van der Waals surface area contributed by atoms with Gasteiger partial charge in [-0.15, -0.1) is 0 Å². The summed E-state index contributed by atoms with van der Waals surface area (Å²) in [6, 6.07) is 6.39. The summed E-state index contributed by atoms with van der Waals surface area (Å²) in [6.07, 6.45) is 0. The van der Waals surface area contributed by atoms with Crippen molar-refractivity contribution < 1.29 is 34.1 Å². The summed E-state index contributed by atoms with van der Waals surface area (Å²) in [5.74, 6) is -2.12. The number of carbonyl (C=O) groups excluding carboxylic acids is 3. The number of urea groups is 1. The van der Waals surface area contributed by atoms with Gasteiger partial charge in [0.1, 0.15) is 23.7 Å². The number of aromatic hydroxyl groups is 2. The number of amides is 2. The minimum Gasteiger partial charge on any atom is -0.507 e. The van der Waals surface area contributed by atoms with Crippen molar-refractivity contribution in [2.75, 3.05) is 13.2 Å². The lowest BCUT2D eigenvalue weighted by molar-refractivity contribution is -0.139. The summed E-state index contributed by atoms with van der Waals surface area (Å²) >= 11 is 0. The van der Waals surface area contributed by atoms with E-state index in [-0.39, 0.29) is 40.3 Å². The number of fused-ring (bicyclic) bond motifs is 1. The molecule has 0 aliphatic carbocycles. The van der Waals surface area contributed by atoms with Crippen LogP contribution >= 0.6 is 0 Å². The maximum atomic E-state index is 12.5. The summed E-state index contributed by atoms with van der Waals surface area (Å²) in [7, 11) is 0. The smallest absolute Gasteiger partial charge is 0.342 e. The fourth-order valence-electron chi connectivity index (χ4n) is 3.11. The Bertz CT molecular complexity index is 1030. The molecule has 2 aromatic carbocycles. The third-order valence-electron chi connectivity index (χ3n) is 4.43. The zero-order valence-corrected chi connectivity index (χ0v) is 15.8. The molecule has 29 heavy (non-hydrogen) atoms. The number of rotatable bonds is 5. The average molecular weight is 400 g/mol. The lowest BCUT2D eigenvalue weighted by Gasteiger charge is -2.26. The van der Waals surface area contributed by atoms with Crippen LogP contribution in [0.4, 0.5) is 4.79 Å². The third-order valence-corrected chi connectivity index (χ3v) is 4.43. The Balaban J connectivity index is 1.88. The molecule has 0 saturated carbocycles. The number of benzene rings is 2. The SMILES string of the molecule is CCOC(=O)C1=C(COC(=O)c2cc(O)c3ccccc3c2O)NC(=O)NC1C. The number of esters is 2. The molecule has 1 unspecified atom stereocenters. The molecular formula is C20H20N2O7. The largest absolute Gasteiger partial charge is 0.507 e. The minimum absolute atomic E-state index is 0.0811. The molecule has 2 amide bonds. The van der Waals surface area contributed by atoms with E-state index in [0.29, 0.717) is 5.39 Å². The van der Waals surface area contributed by atoms with E-state index >= 15 is 0 Å². The summed E-state index contributed by atoms with van der Waals surface area (Å²) in [4.78, 5) is 36.5. The van der Waals surface area contributed by atoms with Crippen LogP contribution in [-0.2, 0) is 14.3 Å². The third kappa shape index (κ3) is 3.93. The van der Waals surface area contributed by atoms with E-state index in [1.165, 1.54) is 0 Å². The molecule has 0 bridgehead atoms. The van der Waals surface area contributed by atoms with Crippen LogP contribution in [0.2, 0.25) is 0 Å². The van der Waals surface area contributed by atoms with E-state index < -0.39 is 30.6 Å². The van der Waals surface area contributed by atoms with Gasteiger partial charge < -0.3 is 30.3 Å². The molecule has 2 aromatic rings. The van der Waals surface area contributed by atoms with Gasteiger partial charge in [-0.25, -0.2) is 14.4 Å². The van der Waals surface area contributed by atoms with E-state index in [4.69, 9.17) is 9.47 Å². The molecule has 0 radical (unpaired) electrons. The molecule has 0 saturated heterocycles. The van der Waals surface area contributed by atoms with Crippen molar-refractivity contribution in [2.24, 2.45) is 0 Å². The highest BCUT2D eigenvalue weighted by Crippen LogP contribution is 2.35. The van der Waals surface area contributed by atoms with Gasteiger partial charge in [0.15, 0.2) is 0 Å². The van der Waals surface area contributed by atoms with Gasteiger partial charge in [0.2, 0.25) is 0 Å². The molecule has 0 spiro atoms. The van der Waals surface area contributed by atoms with Gasteiger partial charge in [-0.2, -0.15) is 0 Å². The summed E-state index contributed by atoms with van der Waals surface area (Å²) in [6.45, 7) is 2.95. The number of ether oxygens (including phenoxy) is 2. The second kappa shape index (κ2) is 8.09. The van der Waals surface area contributed by atoms with Gasteiger partial charge in [0.25, 0.3) is 0 Å². The second-order valence-electron chi connectivity index (χ2n) is 6.35. The maximum Gasteiger partial charge on any atom is 0.342 e. The fourth-order valence-corrected chi connectivity index (χ4v) is 3.11. The molecule has 1 heterocycles. The quantitative estimate of drug-likeness (QED) is 0.445. The van der Waals surface area contributed by atoms with Crippen LogP contribution in [0, 0.1) is 0 Å². The van der Waals surface area contributed by atoms with Crippen molar-refractivity contribution >= 4 is 28.7 Å². The highest BCUT2D eigenvalue weighted by molar-refractivity contribution is 6.03. The first-order valence-corrected chi connectivity index (χ1v) is 8.92. The van der Waals surface area contributed by atoms with Crippen LogP contribution in [0.5, 0.6) is 11.5 Å². The van der Waals surface area contributed by atoms with Gasteiger partial charge >= 0.3 is 18.0 Å². The van der Waals surface area contributed by atoms with Gasteiger partial charge in [0.05, 0.1) is 23.9 Å². The number of phenols is 2. The Labute approximate surface area is 165 Å². The van der Waals surface area contributed by atoms with Crippen molar-refractivity contribution in [1.29, 1.82) is 0 Å². The molecule has 9 nitrogen and oxygen atoms in total. The Morgan fingerprint density at radius 1 is 1.10 bits per heavy atom. The summed E-state index contributed by atoms with van der Waals surface area (Å²) < 4.78 is 10.2. The van der Waals surface area contributed by atoms with E-state index in [9.17, 15) is 24.6 Å². The van der Waals surface area contributed by atoms with Gasteiger partial charge in [-0.1, -0.05) is 24.3 Å². The predicted octanol–water partition coefficient (Wildman–Crippen LogP) is 1.93. The fraction of sp³-hybridized carbons (Fsp3) is 0.250. The van der Waals surface area contributed by atoms with Gasteiger partial charge in [-0.05, 0) is 19.9 Å². The molecule has 9 heteroatoms. The van der Waals surface area contributed by atoms with Crippen LogP contribution < -0.4 is 10.6 Å². The van der Waals surface area contributed by atoms with Crippen LogP contribution in [0.3, 0.4) is 0 Å². The molecule has 1 aliphatic heterocycles. The molecule has 0 aromatic heterocycles. The van der Waals surface area contributed by atoms with Crippen LogP contribution in [0.15, 0.2) is 41.6 Å². The van der Waals surface area contributed by atoms with Crippen molar-refractivity contribution in [3.05, 3.63) is 47.2 Å². The molecule has 3 rings (SSSR count). The lowest BCUT2D eigenvalue weighted by atomic mass is 10.0. The number of carbonyl (C=O) groups is 3. The molecule has 1 atom stereocenters. The predicted molar refractivity (Wildman–Crippen MR) is 102 cm³/mol. The lowest BCUT2D eigenvalue weighted by Crippen LogP contribution is -2.50. The van der Waals surface area contributed by atoms with Crippen molar-refractivity contribution in [3.8, 4) is 11.5 Å². The molecule has 4 N–H and O–H groups in total.